The number of amides is 1. The molecule has 30 heavy (non-hydrogen) atoms. The summed E-state index contributed by atoms with van der Waals surface area (Å²) in [5.41, 5.74) is 1.35. The Labute approximate surface area is 175 Å². The molecule has 0 unspecified atom stereocenters. The Hall–Kier alpha value is -3.38. The van der Waals surface area contributed by atoms with Gasteiger partial charge in [0.05, 0.1) is 12.2 Å². The van der Waals surface area contributed by atoms with E-state index in [9.17, 15) is 9.18 Å². The van der Waals surface area contributed by atoms with Gasteiger partial charge in [0, 0.05) is 31.9 Å². The number of halogens is 1. The quantitative estimate of drug-likeness (QED) is 0.661. The minimum atomic E-state index is -0.205. The zero-order valence-electron chi connectivity index (χ0n) is 16.6. The second-order valence-electron chi connectivity index (χ2n) is 7.20. The highest BCUT2D eigenvalue weighted by Crippen LogP contribution is 2.23. The van der Waals surface area contributed by atoms with Crippen molar-refractivity contribution in [3.63, 3.8) is 0 Å². The van der Waals surface area contributed by atoms with E-state index >= 15 is 0 Å². The van der Waals surface area contributed by atoms with Crippen LogP contribution in [0.2, 0.25) is 0 Å². The fourth-order valence-corrected chi connectivity index (χ4v) is 3.49. The lowest BCUT2D eigenvalue weighted by Crippen LogP contribution is -2.48. The van der Waals surface area contributed by atoms with Gasteiger partial charge in [-0.15, -0.1) is 0 Å². The summed E-state index contributed by atoms with van der Waals surface area (Å²) in [6, 6.07) is 23.7. The summed E-state index contributed by atoms with van der Waals surface area (Å²) in [6.07, 6.45) is 0. The van der Waals surface area contributed by atoms with Gasteiger partial charge in [0.2, 0.25) is 5.91 Å². The van der Waals surface area contributed by atoms with E-state index in [0.29, 0.717) is 44.2 Å². The van der Waals surface area contributed by atoms with Gasteiger partial charge < -0.3 is 15.0 Å². The van der Waals surface area contributed by atoms with Crippen molar-refractivity contribution in [2.24, 2.45) is 0 Å². The van der Waals surface area contributed by atoms with Gasteiger partial charge in [0.1, 0.15) is 17.3 Å². The smallest absolute Gasteiger partial charge is 0.238 e. The van der Waals surface area contributed by atoms with Crippen LogP contribution in [0.5, 0.6) is 11.5 Å². The lowest BCUT2D eigenvalue weighted by molar-refractivity contribution is -0.117. The van der Waals surface area contributed by atoms with Crippen LogP contribution in [-0.2, 0) is 4.79 Å². The summed E-state index contributed by atoms with van der Waals surface area (Å²) in [5, 5.41) is 2.92. The van der Waals surface area contributed by atoms with Crippen LogP contribution in [-0.4, -0.2) is 43.5 Å². The summed E-state index contributed by atoms with van der Waals surface area (Å²) in [7, 11) is 0. The van der Waals surface area contributed by atoms with Crippen molar-refractivity contribution >= 4 is 17.3 Å². The van der Waals surface area contributed by atoms with Crippen LogP contribution >= 0.6 is 0 Å². The number of carbonyl (C=O) groups is 1. The molecule has 1 fully saturated rings. The summed E-state index contributed by atoms with van der Waals surface area (Å²) in [5.74, 6) is 1.21. The maximum Gasteiger partial charge on any atom is 0.238 e. The number of para-hydroxylation sites is 2. The zero-order valence-corrected chi connectivity index (χ0v) is 16.6. The van der Waals surface area contributed by atoms with E-state index in [1.165, 1.54) is 6.07 Å². The molecular formula is C24H24FN3O2. The highest BCUT2D eigenvalue weighted by Gasteiger charge is 2.20. The number of nitrogens with zero attached hydrogens (tertiary/aromatic N) is 2. The molecule has 0 radical (unpaired) electrons. The van der Waals surface area contributed by atoms with Crippen LogP contribution in [0.1, 0.15) is 0 Å². The summed E-state index contributed by atoms with van der Waals surface area (Å²) in [6.45, 7) is 3.13. The molecule has 4 rings (SSSR count). The van der Waals surface area contributed by atoms with Crippen molar-refractivity contribution in [1.82, 2.24) is 4.90 Å². The molecule has 0 spiro atoms. The molecule has 3 aromatic rings. The van der Waals surface area contributed by atoms with Gasteiger partial charge in [0.25, 0.3) is 0 Å². The third-order valence-corrected chi connectivity index (χ3v) is 5.05. The molecule has 0 aliphatic carbocycles. The first-order chi connectivity index (χ1) is 14.7. The largest absolute Gasteiger partial charge is 0.457 e. The van der Waals surface area contributed by atoms with Crippen molar-refractivity contribution in [3.8, 4) is 11.5 Å². The molecule has 5 nitrogen and oxygen atoms in total. The molecule has 1 heterocycles. The predicted molar refractivity (Wildman–Crippen MR) is 117 cm³/mol. The third kappa shape index (κ3) is 5.15. The Morgan fingerprint density at radius 3 is 2.17 bits per heavy atom. The van der Waals surface area contributed by atoms with Gasteiger partial charge in [0.15, 0.2) is 0 Å². The number of piperazine rings is 1. The van der Waals surface area contributed by atoms with Crippen LogP contribution in [0.3, 0.4) is 0 Å². The molecule has 6 heteroatoms. The van der Waals surface area contributed by atoms with Crippen LogP contribution in [0.15, 0.2) is 78.9 Å². The molecule has 1 N–H and O–H groups in total. The number of hydrogen-bond donors (Lipinski definition) is 1. The highest BCUT2D eigenvalue weighted by molar-refractivity contribution is 5.92. The average Bonchev–Trinajstić information content (AvgIpc) is 2.77. The number of hydrogen-bond acceptors (Lipinski definition) is 4. The van der Waals surface area contributed by atoms with Crippen LogP contribution in [0, 0.1) is 5.82 Å². The Kier molecular flexibility index (Phi) is 6.25. The lowest BCUT2D eigenvalue weighted by atomic mass is 10.2. The zero-order chi connectivity index (χ0) is 20.8. The van der Waals surface area contributed by atoms with E-state index in [2.05, 4.69) is 10.2 Å². The molecule has 1 aliphatic heterocycles. The molecule has 3 aromatic carbocycles. The SMILES string of the molecule is O=C(CN1CCN(c2ccccc2F)CC1)Nc1ccc(Oc2ccccc2)cc1. The van der Waals surface area contributed by atoms with Gasteiger partial charge in [-0.1, -0.05) is 30.3 Å². The molecule has 0 aromatic heterocycles. The maximum absolute atomic E-state index is 13.9. The number of benzene rings is 3. The van der Waals surface area contributed by atoms with E-state index < -0.39 is 0 Å². The topological polar surface area (TPSA) is 44.8 Å². The number of ether oxygens (including phenoxy) is 1. The molecule has 1 saturated heterocycles. The molecule has 1 amide bonds. The highest BCUT2D eigenvalue weighted by atomic mass is 19.1. The standard InChI is InChI=1S/C24H24FN3O2/c25-22-8-4-5-9-23(22)28-16-14-27(15-17-28)18-24(29)26-19-10-12-21(13-11-19)30-20-6-2-1-3-7-20/h1-13H,14-18H2,(H,26,29). The molecule has 0 saturated carbocycles. The molecule has 154 valence electrons. The Balaban J connectivity index is 1.25. The average molecular weight is 405 g/mol. The van der Waals surface area contributed by atoms with Crippen molar-refractivity contribution in [2.45, 2.75) is 0 Å². The fourth-order valence-electron chi connectivity index (χ4n) is 3.49. The monoisotopic (exact) mass is 405 g/mol. The van der Waals surface area contributed by atoms with Crippen LogP contribution in [0.4, 0.5) is 15.8 Å². The van der Waals surface area contributed by atoms with Gasteiger partial charge in [-0.25, -0.2) is 4.39 Å². The minimum absolute atomic E-state index is 0.0638. The Morgan fingerprint density at radius 2 is 1.47 bits per heavy atom. The third-order valence-electron chi connectivity index (χ3n) is 5.05. The van der Waals surface area contributed by atoms with Crippen molar-refractivity contribution in [2.75, 3.05) is 42.9 Å². The van der Waals surface area contributed by atoms with Crippen molar-refractivity contribution in [3.05, 3.63) is 84.7 Å². The molecule has 0 atom stereocenters. The van der Waals surface area contributed by atoms with Crippen LogP contribution in [0.25, 0.3) is 0 Å². The summed E-state index contributed by atoms with van der Waals surface area (Å²) in [4.78, 5) is 16.5. The Morgan fingerprint density at radius 1 is 0.833 bits per heavy atom. The number of rotatable bonds is 6. The van der Waals surface area contributed by atoms with E-state index in [1.54, 1.807) is 12.1 Å². The van der Waals surface area contributed by atoms with Gasteiger partial charge in [-0.05, 0) is 48.5 Å². The second-order valence-corrected chi connectivity index (χ2v) is 7.20. The van der Waals surface area contributed by atoms with Crippen LogP contribution < -0.4 is 15.0 Å². The fraction of sp³-hybridized carbons (Fsp3) is 0.208. The molecule has 0 bridgehead atoms. The number of nitrogens with one attached hydrogen (secondary N) is 1. The first-order valence-electron chi connectivity index (χ1n) is 10.0. The van der Waals surface area contributed by atoms with Gasteiger partial charge in [-0.3, -0.25) is 9.69 Å². The number of carbonyl (C=O) groups excluding carboxylic acids is 1. The lowest BCUT2D eigenvalue weighted by Gasteiger charge is -2.35. The Bertz CT molecular complexity index is 971. The predicted octanol–water partition coefficient (Wildman–Crippen LogP) is 4.38. The van der Waals surface area contributed by atoms with Gasteiger partial charge in [-0.2, -0.15) is 0 Å². The maximum atomic E-state index is 13.9. The first kappa shape index (κ1) is 19.9. The van der Waals surface area contributed by atoms with E-state index in [-0.39, 0.29) is 11.7 Å². The van der Waals surface area contributed by atoms with Gasteiger partial charge >= 0.3 is 0 Å². The second kappa shape index (κ2) is 9.41. The first-order valence-corrected chi connectivity index (χ1v) is 10.0. The van der Waals surface area contributed by atoms with Crippen molar-refractivity contribution < 1.29 is 13.9 Å². The molecular weight excluding hydrogens is 381 g/mol. The van der Waals surface area contributed by atoms with Crippen molar-refractivity contribution in [1.29, 1.82) is 0 Å². The number of anilines is 2. The summed E-state index contributed by atoms with van der Waals surface area (Å²) >= 11 is 0. The van der Waals surface area contributed by atoms with E-state index in [4.69, 9.17) is 4.74 Å². The minimum Gasteiger partial charge on any atom is -0.457 e. The normalized spacial score (nSPS) is 14.4. The van der Waals surface area contributed by atoms with E-state index in [1.807, 2.05) is 65.6 Å². The summed E-state index contributed by atoms with van der Waals surface area (Å²) < 4.78 is 19.7. The van der Waals surface area contributed by atoms with E-state index in [0.717, 1.165) is 11.4 Å². The molecule has 1 aliphatic rings.